The normalized spacial score (nSPS) is 16.7. The number of aromatic nitrogens is 1. The summed E-state index contributed by atoms with van der Waals surface area (Å²) in [7, 11) is 0. The molecule has 8 aromatic rings. The first-order valence-electron chi connectivity index (χ1n) is 16.0. The highest BCUT2D eigenvalue weighted by molar-refractivity contribution is 6.21. The predicted octanol–water partition coefficient (Wildman–Crippen LogP) is 11.0. The highest BCUT2D eigenvalue weighted by Crippen LogP contribution is 2.48. The van der Waals surface area contributed by atoms with E-state index in [9.17, 15) is 5.26 Å². The molecule has 0 radical (unpaired) electrons. The van der Waals surface area contributed by atoms with Crippen molar-refractivity contribution < 1.29 is 4.42 Å². The second-order valence-corrected chi connectivity index (χ2v) is 12.4. The van der Waals surface area contributed by atoms with Crippen LogP contribution in [-0.2, 0) is 0 Å². The van der Waals surface area contributed by atoms with E-state index in [-0.39, 0.29) is 6.04 Å². The molecule has 0 bridgehead atoms. The lowest BCUT2D eigenvalue weighted by Gasteiger charge is -2.28. The number of fused-ring (bicyclic) bond motifs is 10. The van der Waals surface area contributed by atoms with E-state index >= 15 is 0 Å². The average Bonchev–Trinajstić information content (AvgIpc) is 3.79. The van der Waals surface area contributed by atoms with Gasteiger partial charge in [0, 0.05) is 44.5 Å². The number of nitriles is 1. The third-order valence-electron chi connectivity index (χ3n) is 9.98. The Kier molecular flexibility index (Phi) is 5.44. The van der Waals surface area contributed by atoms with Crippen molar-refractivity contribution in [2.75, 3.05) is 4.90 Å². The highest BCUT2D eigenvalue weighted by atomic mass is 16.3. The fourth-order valence-electron chi connectivity index (χ4n) is 7.91. The maximum atomic E-state index is 10.5. The van der Waals surface area contributed by atoms with Gasteiger partial charge in [-0.05, 0) is 65.2 Å². The molecule has 0 N–H and O–H groups in total. The number of nitrogens with zero attached hydrogens (tertiary/aromatic N) is 3. The monoisotopic (exact) mass is 601 g/mol. The minimum absolute atomic E-state index is 0.252. The van der Waals surface area contributed by atoms with Gasteiger partial charge in [-0.2, -0.15) is 5.26 Å². The summed E-state index contributed by atoms with van der Waals surface area (Å²) in [5.41, 5.74) is 11.0. The van der Waals surface area contributed by atoms with Crippen LogP contribution >= 0.6 is 0 Å². The Morgan fingerprint density at radius 2 is 1.38 bits per heavy atom. The highest BCUT2D eigenvalue weighted by Gasteiger charge is 2.36. The molecule has 2 aromatic heterocycles. The van der Waals surface area contributed by atoms with Crippen molar-refractivity contribution >= 4 is 55.1 Å². The number of allylic oxidation sites excluding steroid dienone is 2. The zero-order valence-electron chi connectivity index (χ0n) is 25.3. The number of rotatable bonds is 3. The summed E-state index contributed by atoms with van der Waals surface area (Å²) in [6.45, 7) is 0. The first kappa shape index (κ1) is 26.0. The Bertz CT molecular complexity index is 2660. The van der Waals surface area contributed by atoms with Gasteiger partial charge in [0.15, 0.2) is 5.58 Å². The van der Waals surface area contributed by atoms with Crippen molar-refractivity contribution in [3.05, 3.63) is 163 Å². The van der Waals surface area contributed by atoms with Gasteiger partial charge in [0.25, 0.3) is 0 Å². The number of anilines is 2. The molecule has 4 heteroatoms. The fourth-order valence-corrected chi connectivity index (χ4v) is 7.91. The summed E-state index contributed by atoms with van der Waals surface area (Å²) in [5.74, 6) is 0.343. The Hall–Kier alpha value is -6.31. The summed E-state index contributed by atoms with van der Waals surface area (Å²) >= 11 is 0. The predicted molar refractivity (Wildman–Crippen MR) is 192 cm³/mol. The van der Waals surface area contributed by atoms with Crippen molar-refractivity contribution in [2.45, 2.75) is 12.0 Å². The molecule has 0 spiro atoms. The van der Waals surface area contributed by atoms with Crippen LogP contribution in [0.25, 0.3) is 60.6 Å². The quantitative estimate of drug-likeness (QED) is 0.202. The summed E-state index contributed by atoms with van der Waals surface area (Å²) < 4.78 is 8.76. The molecule has 2 unspecified atom stereocenters. The van der Waals surface area contributed by atoms with Crippen LogP contribution in [0.3, 0.4) is 0 Å². The van der Waals surface area contributed by atoms with E-state index in [1.54, 1.807) is 0 Å². The van der Waals surface area contributed by atoms with Crippen LogP contribution in [-0.4, -0.2) is 10.6 Å². The molecule has 0 fully saturated rings. The topological polar surface area (TPSA) is 45.1 Å². The van der Waals surface area contributed by atoms with Crippen LogP contribution in [0.15, 0.2) is 156 Å². The molecule has 6 aromatic carbocycles. The van der Waals surface area contributed by atoms with Gasteiger partial charge in [0.05, 0.1) is 28.7 Å². The third kappa shape index (κ3) is 3.69. The molecule has 1 aliphatic carbocycles. The Morgan fingerprint density at radius 1 is 0.638 bits per heavy atom. The molecule has 0 amide bonds. The van der Waals surface area contributed by atoms with Gasteiger partial charge < -0.3 is 13.9 Å². The summed E-state index contributed by atoms with van der Waals surface area (Å²) in [6, 6.07) is 47.3. The van der Waals surface area contributed by atoms with Crippen molar-refractivity contribution in [1.29, 1.82) is 5.26 Å². The van der Waals surface area contributed by atoms with E-state index in [1.165, 1.54) is 11.3 Å². The van der Waals surface area contributed by atoms with Gasteiger partial charge in [0.1, 0.15) is 5.58 Å². The second-order valence-electron chi connectivity index (χ2n) is 12.4. The van der Waals surface area contributed by atoms with Crippen LogP contribution in [0.2, 0.25) is 0 Å². The number of hydrogen-bond acceptors (Lipinski definition) is 3. The maximum Gasteiger partial charge on any atom is 0.160 e. The van der Waals surface area contributed by atoms with Crippen LogP contribution in [0.1, 0.15) is 17.0 Å². The molecule has 0 saturated carbocycles. The van der Waals surface area contributed by atoms with Crippen LogP contribution in [0.5, 0.6) is 0 Å². The maximum absolute atomic E-state index is 10.5. The second kappa shape index (κ2) is 9.84. The summed E-state index contributed by atoms with van der Waals surface area (Å²) in [6.07, 6.45) is 8.88. The minimum atomic E-state index is 0.252. The van der Waals surface area contributed by atoms with E-state index in [0.29, 0.717) is 11.5 Å². The molecule has 10 rings (SSSR count). The van der Waals surface area contributed by atoms with Crippen LogP contribution in [0.4, 0.5) is 11.4 Å². The average molecular weight is 602 g/mol. The molecule has 2 atom stereocenters. The van der Waals surface area contributed by atoms with Crippen molar-refractivity contribution in [3.63, 3.8) is 0 Å². The van der Waals surface area contributed by atoms with Gasteiger partial charge in [0.2, 0.25) is 0 Å². The molecule has 4 nitrogen and oxygen atoms in total. The molecule has 220 valence electrons. The molecule has 2 aliphatic rings. The summed E-state index contributed by atoms with van der Waals surface area (Å²) in [4.78, 5) is 2.43. The molecular weight excluding hydrogens is 574 g/mol. The van der Waals surface area contributed by atoms with E-state index < -0.39 is 0 Å². The largest absolute Gasteiger partial charge is 0.454 e. The lowest BCUT2D eigenvalue weighted by Crippen LogP contribution is -2.28. The number of hydrogen-bond donors (Lipinski definition) is 0. The Morgan fingerprint density at radius 3 is 2.28 bits per heavy atom. The SMILES string of the molecule is N#Cc1cc(-n2c3ccccc3c3ccc4c5ccccc5oc4c32)ccc1-c1ccc(N2c3ccccc3C3C=CC=CC32)cc1. The molecule has 3 heterocycles. The van der Waals surface area contributed by atoms with E-state index in [2.05, 4.69) is 143 Å². The zero-order valence-corrected chi connectivity index (χ0v) is 25.3. The first-order valence-corrected chi connectivity index (χ1v) is 16.0. The molecule has 0 saturated heterocycles. The Labute approximate surface area is 271 Å². The molecule has 1 aliphatic heterocycles. The van der Waals surface area contributed by atoms with Crippen molar-refractivity contribution in [1.82, 2.24) is 4.57 Å². The third-order valence-corrected chi connectivity index (χ3v) is 9.98. The van der Waals surface area contributed by atoms with Gasteiger partial charge in [-0.25, -0.2) is 0 Å². The van der Waals surface area contributed by atoms with E-state index in [4.69, 9.17) is 4.42 Å². The first-order chi connectivity index (χ1) is 23.3. The fraction of sp³-hybridized carbons (Fsp3) is 0.0465. The zero-order chi connectivity index (χ0) is 31.1. The number of para-hydroxylation sites is 3. The van der Waals surface area contributed by atoms with Gasteiger partial charge >= 0.3 is 0 Å². The summed E-state index contributed by atoms with van der Waals surface area (Å²) in [5, 5.41) is 14.9. The smallest absolute Gasteiger partial charge is 0.160 e. The van der Waals surface area contributed by atoms with Crippen molar-refractivity contribution in [2.24, 2.45) is 0 Å². The van der Waals surface area contributed by atoms with E-state index in [0.717, 1.165) is 66.2 Å². The van der Waals surface area contributed by atoms with Crippen LogP contribution in [0, 0.1) is 11.3 Å². The lowest BCUT2D eigenvalue weighted by atomic mass is 9.91. The van der Waals surface area contributed by atoms with Crippen LogP contribution < -0.4 is 4.90 Å². The Balaban J connectivity index is 1.10. The van der Waals surface area contributed by atoms with Crippen molar-refractivity contribution in [3.8, 4) is 22.9 Å². The number of benzene rings is 6. The van der Waals surface area contributed by atoms with Gasteiger partial charge in [-0.15, -0.1) is 0 Å². The molecule has 47 heavy (non-hydrogen) atoms. The lowest BCUT2D eigenvalue weighted by molar-refractivity contribution is 0.671. The van der Waals surface area contributed by atoms with E-state index in [1.807, 2.05) is 24.3 Å². The molecular formula is C43H27N3O. The standard InChI is InChI=1S/C43H27N3O/c44-26-28-25-30(46-40-15-7-3-11-34(40)36-23-24-37-35-12-4-8-16-41(35)47-43(37)42(36)46)21-22-31(28)27-17-19-29(20-18-27)45-38-13-5-1-9-32(38)33-10-2-6-14-39(33)45/h1-25,32,38H. The van der Waals surface area contributed by atoms with Gasteiger partial charge in [-0.1, -0.05) is 103 Å². The van der Waals surface area contributed by atoms with Gasteiger partial charge in [-0.3, -0.25) is 0 Å². The number of furan rings is 1. The minimum Gasteiger partial charge on any atom is -0.454 e.